The van der Waals surface area contributed by atoms with E-state index in [0.717, 1.165) is 31.2 Å². The van der Waals surface area contributed by atoms with Crippen LogP contribution < -0.4 is 5.32 Å². The van der Waals surface area contributed by atoms with E-state index >= 15 is 0 Å². The summed E-state index contributed by atoms with van der Waals surface area (Å²) in [5, 5.41) is 12.7. The second kappa shape index (κ2) is 6.89. The number of carbonyl (C=O) groups excluding carboxylic acids is 2. The molecule has 2 aliphatic carbocycles. The summed E-state index contributed by atoms with van der Waals surface area (Å²) in [6.07, 6.45) is 2.55. The minimum Gasteiger partial charge on any atom is -0.391 e. The highest BCUT2D eigenvalue weighted by Crippen LogP contribution is 2.31. The highest BCUT2D eigenvalue weighted by atomic mass is 19.1. The van der Waals surface area contributed by atoms with E-state index in [1.165, 1.54) is 19.1 Å². The normalized spacial score (nSPS) is 19.5. The van der Waals surface area contributed by atoms with E-state index in [9.17, 15) is 19.1 Å². The summed E-state index contributed by atoms with van der Waals surface area (Å²) in [4.78, 5) is 26.6. The second-order valence-corrected chi connectivity index (χ2v) is 6.82. The summed E-state index contributed by atoms with van der Waals surface area (Å²) in [7, 11) is 0. The molecule has 0 radical (unpaired) electrons. The fourth-order valence-corrected chi connectivity index (χ4v) is 2.74. The van der Waals surface area contributed by atoms with E-state index in [1.54, 1.807) is 17.0 Å². The van der Waals surface area contributed by atoms with Crippen molar-refractivity contribution >= 4 is 11.8 Å². The van der Waals surface area contributed by atoms with Crippen LogP contribution in [0.2, 0.25) is 0 Å². The van der Waals surface area contributed by atoms with Crippen molar-refractivity contribution in [2.45, 2.75) is 57.3 Å². The largest absolute Gasteiger partial charge is 0.391 e. The van der Waals surface area contributed by atoms with Crippen molar-refractivity contribution < 1.29 is 19.1 Å². The lowest BCUT2D eigenvalue weighted by Gasteiger charge is -2.29. The smallest absolute Gasteiger partial charge is 0.248 e. The third-order valence-electron chi connectivity index (χ3n) is 4.53. The van der Waals surface area contributed by atoms with Crippen molar-refractivity contribution in [2.75, 3.05) is 0 Å². The summed E-state index contributed by atoms with van der Waals surface area (Å²) in [6, 6.07) is 5.23. The van der Waals surface area contributed by atoms with E-state index in [4.69, 9.17) is 0 Å². The van der Waals surface area contributed by atoms with Gasteiger partial charge in [-0.15, -0.1) is 0 Å². The Morgan fingerprint density at radius 3 is 2.38 bits per heavy atom. The lowest BCUT2D eigenvalue weighted by atomic mass is 10.1. The number of benzene rings is 1. The third-order valence-corrected chi connectivity index (χ3v) is 4.53. The maximum Gasteiger partial charge on any atom is 0.248 e. The minimum atomic E-state index is -0.963. The molecule has 0 bridgehead atoms. The zero-order chi connectivity index (χ0) is 17.3. The van der Waals surface area contributed by atoms with E-state index in [-0.39, 0.29) is 29.6 Å². The van der Waals surface area contributed by atoms with E-state index in [2.05, 4.69) is 5.32 Å². The molecule has 130 valence electrons. The van der Waals surface area contributed by atoms with Crippen LogP contribution in [-0.2, 0) is 16.1 Å². The Bertz CT molecular complexity index is 609. The molecule has 2 atom stereocenters. The molecular weight excluding hydrogens is 311 g/mol. The van der Waals surface area contributed by atoms with Crippen molar-refractivity contribution in [3.05, 3.63) is 35.6 Å². The van der Waals surface area contributed by atoms with Crippen LogP contribution in [-0.4, -0.2) is 40.0 Å². The molecule has 2 fully saturated rings. The van der Waals surface area contributed by atoms with Crippen LogP contribution in [0.5, 0.6) is 0 Å². The summed E-state index contributed by atoms with van der Waals surface area (Å²) < 4.78 is 13.1. The summed E-state index contributed by atoms with van der Waals surface area (Å²) in [6.45, 7) is 1.87. The Morgan fingerprint density at radius 2 is 1.88 bits per heavy atom. The monoisotopic (exact) mass is 334 g/mol. The maximum absolute atomic E-state index is 13.1. The highest BCUT2D eigenvalue weighted by Gasteiger charge is 2.40. The van der Waals surface area contributed by atoms with Gasteiger partial charge in [0.2, 0.25) is 11.8 Å². The van der Waals surface area contributed by atoms with Gasteiger partial charge in [0, 0.05) is 18.5 Å². The van der Waals surface area contributed by atoms with Gasteiger partial charge in [-0.05, 0) is 50.3 Å². The molecule has 1 aromatic rings. The number of nitrogens with one attached hydrogen (secondary N) is 1. The molecule has 2 aliphatic rings. The first-order chi connectivity index (χ1) is 11.5. The zero-order valence-corrected chi connectivity index (χ0v) is 13.7. The topological polar surface area (TPSA) is 69.6 Å². The number of aliphatic hydroxyl groups excluding tert-OH is 1. The first-order valence-corrected chi connectivity index (χ1v) is 8.49. The number of halogens is 1. The lowest BCUT2D eigenvalue weighted by molar-refractivity contribution is -0.140. The van der Waals surface area contributed by atoms with Crippen LogP contribution in [0.1, 0.15) is 38.2 Å². The van der Waals surface area contributed by atoms with Crippen molar-refractivity contribution in [1.82, 2.24) is 10.2 Å². The van der Waals surface area contributed by atoms with E-state index in [1.807, 2.05) is 0 Å². The van der Waals surface area contributed by atoms with Crippen molar-refractivity contribution in [3.63, 3.8) is 0 Å². The fraction of sp³-hybridized carbons (Fsp3) is 0.556. The predicted octanol–water partition coefficient (Wildman–Crippen LogP) is 1.59. The third kappa shape index (κ3) is 4.12. The van der Waals surface area contributed by atoms with Gasteiger partial charge in [0.1, 0.15) is 11.9 Å². The molecule has 0 aliphatic heterocycles. The number of rotatable bonds is 7. The average molecular weight is 334 g/mol. The van der Waals surface area contributed by atoms with Crippen molar-refractivity contribution in [2.24, 2.45) is 5.92 Å². The standard InChI is InChI=1S/C18H23FN2O3/c1-11(22)16(20-17(23)13-4-5-13)18(24)21(15-8-9-15)10-12-2-6-14(19)7-3-12/h2-3,6-7,11,13,15-16,22H,4-5,8-10H2,1H3,(H,20,23). The van der Waals surface area contributed by atoms with Gasteiger partial charge in [-0.25, -0.2) is 4.39 Å². The van der Waals surface area contributed by atoms with Crippen LogP contribution in [0, 0.1) is 11.7 Å². The van der Waals surface area contributed by atoms with Gasteiger partial charge in [0.15, 0.2) is 0 Å². The molecule has 2 saturated carbocycles. The zero-order valence-electron chi connectivity index (χ0n) is 13.7. The van der Waals surface area contributed by atoms with Crippen LogP contribution in [0.25, 0.3) is 0 Å². The summed E-state index contributed by atoms with van der Waals surface area (Å²) >= 11 is 0. The Balaban J connectivity index is 1.71. The van der Waals surface area contributed by atoms with Crippen LogP contribution >= 0.6 is 0 Å². The SMILES string of the molecule is CC(O)C(NC(=O)C1CC1)C(=O)N(Cc1ccc(F)cc1)C1CC1. The van der Waals surface area contributed by atoms with Crippen molar-refractivity contribution in [1.29, 1.82) is 0 Å². The summed E-state index contributed by atoms with van der Waals surface area (Å²) in [5.74, 6) is -0.773. The predicted molar refractivity (Wildman–Crippen MR) is 86.3 cm³/mol. The Hall–Kier alpha value is -1.95. The molecule has 3 rings (SSSR count). The van der Waals surface area contributed by atoms with Crippen LogP contribution in [0.4, 0.5) is 4.39 Å². The van der Waals surface area contributed by atoms with Gasteiger partial charge in [0.25, 0.3) is 0 Å². The first kappa shape index (κ1) is 16.9. The number of amides is 2. The number of aliphatic hydroxyl groups is 1. The van der Waals surface area contributed by atoms with Crippen LogP contribution in [0.3, 0.4) is 0 Å². The minimum absolute atomic E-state index is 0.0227. The highest BCUT2D eigenvalue weighted by molar-refractivity contribution is 5.90. The fourth-order valence-electron chi connectivity index (χ4n) is 2.74. The van der Waals surface area contributed by atoms with E-state index in [0.29, 0.717) is 6.54 Å². The Labute approximate surface area is 140 Å². The average Bonchev–Trinajstić information content (AvgIpc) is 3.42. The lowest BCUT2D eigenvalue weighted by Crippen LogP contribution is -2.54. The molecule has 1 aromatic carbocycles. The number of nitrogens with zero attached hydrogens (tertiary/aromatic N) is 1. The molecular formula is C18H23FN2O3. The molecule has 2 unspecified atom stereocenters. The number of hydrogen-bond acceptors (Lipinski definition) is 3. The number of carbonyl (C=O) groups is 2. The van der Waals surface area contributed by atoms with Gasteiger partial charge < -0.3 is 15.3 Å². The maximum atomic E-state index is 13.1. The van der Waals surface area contributed by atoms with Crippen molar-refractivity contribution in [3.8, 4) is 0 Å². The summed E-state index contributed by atoms with van der Waals surface area (Å²) in [5.41, 5.74) is 0.828. The molecule has 0 heterocycles. The van der Waals surface area contributed by atoms with Gasteiger partial charge in [-0.1, -0.05) is 12.1 Å². The molecule has 0 saturated heterocycles. The molecule has 0 aromatic heterocycles. The molecule has 2 N–H and O–H groups in total. The number of hydrogen-bond donors (Lipinski definition) is 2. The second-order valence-electron chi connectivity index (χ2n) is 6.82. The van der Waals surface area contributed by atoms with Crippen LogP contribution in [0.15, 0.2) is 24.3 Å². The molecule has 6 heteroatoms. The molecule has 5 nitrogen and oxygen atoms in total. The van der Waals surface area contributed by atoms with E-state index < -0.39 is 12.1 Å². The molecule has 24 heavy (non-hydrogen) atoms. The Morgan fingerprint density at radius 1 is 1.25 bits per heavy atom. The molecule has 2 amide bonds. The van der Waals surface area contributed by atoms with Gasteiger partial charge in [-0.2, -0.15) is 0 Å². The molecule has 0 spiro atoms. The van der Waals surface area contributed by atoms with Gasteiger partial charge in [-0.3, -0.25) is 9.59 Å². The quantitative estimate of drug-likeness (QED) is 0.796. The first-order valence-electron chi connectivity index (χ1n) is 8.49. The Kier molecular flexibility index (Phi) is 4.85. The van der Waals surface area contributed by atoms with Gasteiger partial charge in [0.05, 0.1) is 6.10 Å². The van der Waals surface area contributed by atoms with Gasteiger partial charge >= 0.3 is 0 Å².